The highest BCUT2D eigenvalue weighted by molar-refractivity contribution is 6.35. The summed E-state index contributed by atoms with van der Waals surface area (Å²) in [6.45, 7) is 1.54. The Kier molecular flexibility index (Phi) is 5.19. The zero-order valence-corrected chi connectivity index (χ0v) is 12.1. The van der Waals surface area contributed by atoms with Gasteiger partial charge in [0, 0.05) is 5.56 Å². The van der Waals surface area contributed by atoms with E-state index >= 15 is 0 Å². The predicted octanol–water partition coefficient (Wildman–Crippen LogP) is 1.71. The van der Waals surface area contributed by atoms with Crippen LogP contribution in [0.1, 0.15) is 18.2 Å². The van der Waals surface area contributed by atoms with Crippen molar-refractivity contribution in [2.75, 3.05) is 0 Å². The lowest BCUT2D eigenvalue weighted by molar-refractivity contribution is -0.139. The van der Waals surface area contributed by atoms with Gasteiger partial charge < -0.3 is 9.73 Å². The predicted molar refractivity (Wildman–Crippen MR) is 77.3 cm³/mol. The summed E-state index contributed by atoms with van der Waals surface area (Å²) in [4.78, 5) is 23.1. The van der Waals surface area contributed by atoms with Gasteiger partial charge in [0.15, 0.2) is 11.6 Å². The molecule has 23 heavy (non-hydrogen) atoms. The van der Waals surface area contributed by atoms with Crippen LogP contribution in [0.25, 0.3) is 0 Å². The molecule has 120 valence electrons. The summed E-state index contributed by atoms with van der Waals surface area (Å²) < 4.78 is 30.9. The van der Waals surface area contributed by atoms with Gasteiger partial charge in [-0.05, 0) is 37.3 Å². The summed E-state index contributed by atoms with van der Waals surface area (Å²) in [5.41, 5.74) is 2.53. The van der Waals surface area contributed by atoms with Gasteiger partial charge in [-0.1, -0.05) is 0 Å². The van der Waals surface area contributed by atoms with E-state index in [1.165, 1.54) is 19.3 Å². The van der Waals surface area contributed by atoms with Gasteiger partial charge in [-0.3, -0.25) is 9.59 Å². The summed E-state index contributed by atoms with van der Waals surface area (Å²) in [5, 5.41) is 6.02. The fraction of sp³-hybridized carbons (Fsp3) is 0.133. The molecule has 0 fully saturated rings. The third-order valence-corrected chi connectivity index (χ3v) is 2.87. The zero-order chi connectivity index (χ0) is 16.8. The largest absolute Gasteiger partial charge is 0.467 e. The molecule has 2 N–H and O–H groups in total. The van der Waals surface area contributed by atoms with Crippen LogP contribution in [-0.2, 0) is 16.1 Å². The fourth-order valence-electron chi connectivity index (χ4n) is 1.63. The van der Waals surface area contributed by atoms with Crippen LogP contribution in [0.4, 0.5) is 8.78 Å². The van der Waals surface area contributed by atoms with Gasteiger partial charge in [-0.25, -0.2) is 14.2 Å². The lowest BCUT2D eigenvalue weighted by atomic mass is 10.1. The van der Waals surface area contributed by atoms with Gasteiger partial charge in [0.05, 0.1) is 18.5 Å². The Labute approximate surface area is 130 Å². The van der Waals surface area contributed by atoms with Crippen LogP contribution in [0.15, 0.2) is 46.1 Å². The summed E-state index contributed by atoms with van der Waals surface area (Å²) in [6, 6.07) is 6.49. The van der Waals surface area contributed by atoms with Crippen molar-refractivity contribution >= 4 is 17.5 Å². The van der Waals surface area contributed by atoms with Crippen molar-refractivity contribution in [2.45, 2.75) is 13.5 Å². The van der Waals surface area contributed by atoms with E-state index in [4.69, 9.17) is 4.42 Å². The topological polar surface area (TPSA) is 83.7 Å². The van der Waals surface area contributed by atoms with Crippen LogP contribution < -0.4 is 10.7 Å². The number of nitrogens with one attached hydrogen (secondary N) is 2. The summed E-state index contributed by atoms with van der Waals surface area (Å²) in [7, 11) is 0. The average Bonchev–Trinajstić information content (AvgIpc) is 3.05. The lowest BCUT2D eigenvalue weighted by Gasteiger charge is -2.04. The summed E-state index contributed by atoms with van der Waals surface area (Å²) >= 11 is 0. The number of nitrogens with zero attached hydrogens (tertiary/aromatic N) is 1. The molecule has 0 saturated heterocycles. The molecular weight excluding hydrogens is 308 g/mol. The maximum atomic E-state index is 13.1. The lowest BCUT2D eigenvalue weighted by Crippen LogP contribution is -2.37. The number of hydrazone groups is 1. The van der Waals surface area contributed by atoms with Gasteiger partial charge in [0.25, 0.3) is 0 Å². The van der Waals surface area contributed by atoms with E-state index in [0.717, 1.165) is 12.1 Å². The second kappa shape index (κ2) is 7.30. The third-order valence-electron chi connectivity index (χ3n) is 2.87. The number of carbonyl (C=O) groups excluding carboxylic acids is 2. The molecule has 0 radical (unpaired) electrons. The van der Waals surface area contributed by atoms with Crippen molar-refractivity contribution < 1.29 is 22.8 Å². The first kappa shape index (κ1) is 16.3. The summed E-state index contributed by atoms with van der Waals surface area (Å²) in [6.07, 6.45) is 1.44. The molecule has 0 atom stereocenters. The first-order chi connectivity index (χ1) is 11.0. The number of rotatable bonds is 4. The SMILES string of the molecule is C/C(=N\NC(=O)C(=O)NCc1ccco1)c1ccc(F)c(F)c1. The van der Waals surface area contributed by atoms with Crippen LogP contribution in [0.3, 0.4) is 0 Å². The fourth-order valence-corrected chi connectivity index (χ4v) is 1.63. The molecule has 0 unspecified atom stereocenters. The second-order valence-corrected chi connectivity index (χ2v) is 4.53. The van der Waals surface area contributed by atoms with E-state index in [9.17, 15) is 18.4 Å². The van der Waals surface area contributed by atoms with E-state index in [2.05, 4.69) is 10.4 Å². The second-order valence-electron chi connectivity index (χ2n) is 4.53. The molecule has 2 aromatic rings. The van der Waals surface area contributed by atoms with E-state index in [0.29, 0.717) is 5.76 Å². The number of amides is 2. The molecule has 1 aromatic heterocycles. The number of furan rings is 1. The molecule has 0 spiro atoms. The van der Waals surface area contributed by atoms with Crippen molar-refractivity contribution in [2.24, 2.45) is 5.10 Å². The molecule has 0 aliphatic rings. The number of hydrogen-bond acceptors (Lipinski definition) is 4. The minimum atomic E-state index is -1.03. The van der Waals surface area contributed by atoms with E-state index < -0.39 is 23.4 Å². The van der Waals surface area contributed by atoms with E-state index in [1.54, 1.807) is 12.1 Å². The maximum Gasteiger partial charge on any atom is 0.329 e. The Hall–Kier alpha value is -3.03. The third kappa shape index (κ3) is 4.47. The van der Waals surface area contributed by atoms with Crippen LogP contribution in [-0.4, -0.2) is 17.5 Å². The number of carbonyl (C=O) groups is 2. The highest BCUT2D eigenvalue weighted by Gasteiger charge is 2.13. The van der Waals surface area contributed by atoms with Gasteiger partial charge >= 0.3 is 11.8 Å². The standard InChI is InChI=1S/C15H13F2N3O3/c1-9(10-4-5-12(16)13(17)7-10)19-20-15(22)14(21)18-8-11-3-2-6-23-11/h2-7H,8H2,1H3,(H,18,21)(H,20,22)/b19-9+. The highest BCUT2D eigenvalue weighted by atomic mass is 19.2. The molecule has 0 saturated carbocycles. The molecule has 1 heterocycles. The molecule has 0 aliphatic heterocycles. The van der Waals surface area contributed by atoms with Crippen LogP contribution in [0.2, 0.25) is 0 Å². The molecule has 2 rings (SSSR count). The van der Waals surface area contributed by atoms with Crippen molar-refractivity contribution in [3.05, 3.63) is 59.6 Å². The monoisotopic (exact) mass is 321 g/mol. The van der Waals surface area contributed by atoms with Gasteiger partial charge in [-0.15, -0.1) is 0 Å². The van der Waals surface area contributed by atoms with Crippen LogP contribution in [0.5, 0.6) is 0 Å². The maximum absolute atomic E-state index is 13.1. The molecule has 0 aliphatic carbocycles. The number of halogens is 2. The molecule has 1 aromatic carbocycles. The van der Waals surface area contributed by atoms with Gasteiger partial charge in [0.2, 0.25) is 0 Å². The first-order valence-corrected chi connectivity index (χ1v) is 6.57. The molecular formula is C15H13F2N3O3. The molecule has 0 bridgehead atoms. The average molecular weight is 321 g/mol. The first-order valence-electron chi connectivity index (χ1n) is 6.57. The highest BCUT2D eigenvalue weighted by Crippen LogP contribution is 2.09. The van der Waals surface area contributed by atoms with E-state index in [1.807, 2.05) is 5.43 Å². The van der Waals surface area contributed by atoms with Crippen LogP contribution >= 0.6 is 0 Å². The van der Waals surface area contributed by atoms with Crippen molar-refractivity contribution in [3.8, 4) is 0 Å². The summed E-state index contributed by atoms with van der Waals surface area (Å²) in [5.74, 6) is -3.41. The Morgan fingerprint density at radius 3 is 2.61 bits per heavy atom. The van der Waals surface area contributed by atoms with Gasteiger partial charge in [-0.2, -0.15) is 5.10 Å². The van der Waals surface area contributed by atoms with Crippen molar-refractivity contribution in [1.29, 1.82) is 0 Å². The zero-order valence-electron chi connectivity index (χ0n) is 12.1. The Morgan fingerprint density at radius 2 is 1.96 bits per heavy atom. The minimum absolute atomic E-state index is 0.0606. The Morgan fingerprint density at radius 1 is 1.17 bits per heavy atom. The van der Waals surface area contributed by atoms with Crippen molar-refractivity contribution in [3.63, 3.8) is 0 Å². The Bertz CT molecular complexity index is 742. The minimum Gasteiger partial charge on any atom is -0.467 e. The smallest absolute Gasteiger partial charge is 0.329 e. The normalized spacial score (nSPS) is 11.2. The quantitative estimate of drug-likeness (QED) is 0.511. The Balaban J connectivity index is 1.91. The molecule has 2 amide bonds. The molecule has 6 nitrogen and oxygen atoms in total. The number of benzene rings is 1. The van der Waals surface area contributed by atoms with Crippen LogP contribution in [0, 0.1) is 11.6 Å². The van der Waals surface area contributed by atoms with Crippen molar-refractivity contribution in [1.82, 2.24) is 10.7 Å². The number of hydrogen-bond donors (Lipinski definition) is 2. The van der Waals surface area contributed by atoms with E-state index in [-0.39, 0.29) is 17.8 Å². The molecule has 8 heteroatoms. The van der Waals surface area contributed by atoms with Gasteiger partial charge in [0.1, 0.15) is 5.76 Å².